The highest BCUT2D eigenvalue weighted by atomic mass is 16.5. The fourth-order valence-electron chi connectivity index (χ4n) is 5.64. The molecule has 1 N–H and O–H groups in total. The Bertz CT molecular complexity index is 1210. The molecule has 1 amide bonds. The highest BCUT2D eigenvalue weighted by molar-refractivity contribution is 5.94. The Hall–Kier alpha value is -3.32. The van der Waals surface area contributed by atoms with Crippen LogP contribution in [0.2, 0.25) is 0 Å². The number of benzene rings is 1. The van der Waals surface area contributed by atoms with E-state index in [1.807, 2.05) is 30.0 Å². The minimum absolute atomic E-state index is 0.0516. The molecule has 0 bridgehead atoms. The molecule has 2 fully saturated rings. The zero-order valence-electron chi connectivity index (χ0n) is 19.0. The molecule has 6 rings (SSSR count). The molecule has 5 heterocycles. The van der Waals surface area contributed by atoms with Gasteiger partial charge in [0.05, 0.1) is 41.9 Å². The highest BCUT2D eigenvalue weighted by Gasteiger charge is 2.54. The second kappa shape index (κ2) is 7.35. The summed E-state index contributed by atoms with van der Waals surface area (Å²) in [4.78, 5) is 19.2. The molecule has 2 saturated heterocycles. The molecule has 3 aliphatic rings. The molecule has 0 aliphatic carbocycles. The molecular weight excluding hydrogens is 416 g/mol. The van der Waals surface area contributed by atoms with Gasteiger partial charge in [0, 0.05) is 43.7 Å². The van der Waals surface area contributed by atoms with Gasteiger partial charge in [0.25, 0.3) is 5.91 Å². The largest absolute Gasteiger partial charge is 0.497 e. The van der Waals surface area contributed by atoms with E-state index in [0.29, 0.717) is 25.3 Å². The van der Waals surface area contributed by atoms with Crippen LogP contribution in [0.4, 0.5) is 5.69 Å². The Morgan fingerprint density at radius 2 is 2.03 bits per heavy atom. The molecule has 0 saturated carbocycles. The summed E-state index contributed by atoms with van der Waals surface area (Å²) in [7, 11) is 1.69. The number of hydrogen-bond acceptors (Lipinski definition) is 5. The number of ether oxygens (including phenoxy) is 2. The number of aromatic nitrogens is 2. The first-order valence-corrected chi connectivity index (χ1v) is 11.5. The van der Waals surface area contributed by atoms with Crippen LogP contribution in [0, 0.1) is 6.92 Å². The van der Waals surface area contributed by atoms with Crippen molar-refractivity contribution in [3.63, 3.8) is 0 Å². The molecule has 3 aromatic rings. The number of methoxy groups -OCH3 is 1. The smallest absolute Gasteiger partial charge is 0.255 e. The zero-order valence-corrected chi connectivity index (χ0v) is 19.0. The lowest BCUT2D eigenvalue weighted by atomic mass is 9.79. The number of hydrogen-bond donors (Lipinski definition) is 1. The number of amides is 1. The van der Waals surface area contributed by atoms with Gasteiger partial charge in [0.15, 0.2) is 0 Å². The Morgan fingerprint density at radius 3 is 2.79 bits per heavy atom. The van der Waals surface area contributed by atoms with E-state index in [-0.39, 0.29) is 17.0 Å². The van der Waals surface area contributed by atoms with Crippen molar-refractivity contribution in [1.82, 2.24) is 14.5 Å². The number of aryl methyl sites for hydroxylation is 1. The number of rotatable bonds is 2. The van der Waals surface area contributed by atoms with Gasteiger partial charge in [-0.15, -0.1) is 0 Å². The number of likely N-dealkylation sites (tertiary alicyclic amines) is 1. The predicted molar refractivity (Wildman–Crippen MR) is 125 cm³/mol. The molecule has 170 valence electrons. The number of carbonyl (C=O) groups excluding carboxylic acids is 1. The molecule has 7 nitrogen and oxygen atoms in total. The van der Waals surface area contributed by atoms with Crippen molar-refractivity contribution in [2.75, 3.05) is 32.1 Å². The summed E-state index contributed by atoms with van der Waals surface area (Å²) in [5, 5.41) is 3.81. The summed E-state index contributed by atoms with van der Waals surface area (Å²) in [5.41, 5.74) is 4.43. The average Bonchev–Trinajstić information content (AvgIpc) is 3.46. The van der Waals surface area contributed by atoms with E-state index in [4.69, 9.17) is 9.47 Å². The van der Waals surface area contributed by atoms with Crippen LogP contribution in [-0.4, -0.2) is 52.8 Å². The normalized spacial score (nSPS) is 22.7. The average molecular weight is 445 g/mol. The van der Waals surface area contributed by atoms with Crippen LogP contribution in [0.25, 0.3) is 5.69 Å². The van der Waals surface area contributed by atoms with E-state index < -0.39 is 0 Å². The van der Waals surface area contributed by atoms with Gasteiger partial charge in [0.2, 0.25) is 0 Å². The number of anilines is 1. The third-order valence-electron chi connectivity index (χ3n) is 7.45. The summed E-state index contributed by atoms with van der Waals surface area (Å²) in [6, 6.07) is 14.2. The maximum absolute atomic E-state index is 13.0. The van der Waals surface area contributed by atoms with Crippen molar-refractivity contribution in [2.45, 2.75) is 37.3 Å². The van der Waals surface area contributed by atoms with Gasteiger partial charge in [-0.3, -0.25) is 9.78 Å². The highest BCUT2D eigenvalue weighted by Crippen LogP contribution is 2.50. The number of nitrogens with zero attached hydrogens (tertiary/aromatic N) is 3. The minimum atomic E-state index is -0.296. The minimum Gasteiger partial charge on any atom is -0.497 e. The molecule has 2 aromatic heterocycles. The van der Waals surface area contributed by atoms with Crippen LogP contribution in [0.3, 0.4) is 0 Å². The van der Waals surface area contributed by atoms with Gasteiger partial charge in [-0.1, -0.05) is 0 Å². The SMILES string of the molecule is COc1ccc2c(c1)NC1(COC3(CCN(C(=O)c4ccc(C)nc4)CC3)C1)c1cccn1-2. The Labute approximate surface area is 193 Å². The Kier molecular flexibility index (Phi) is 4.52. The third kappa shape index (κ3) is 3.22. The van der Waals surface area contributed by atoms with E-state index in [9.17, 15) is 4.79 Å². The van der Waals surface area contributed by atoms with E-state index in [2.05, 4.69) is 45.3 Å². The standard InChI is InChI=1S/C26H28N4O3/c1-18-5-6-19(15-27-18)24(31)29-12-9-25(10-13-29)16-26(17-33-25)23-4-3-11-30(23)22-8-7-20(32-2)14-21(22)28-26/h3-8,11,14-15,28H,9-10,12-13,16-17H2,1-2H3. The summed E-state index contributed by atoms with van der Waals surface area (Å²) in [6.45, 7) is 3.91. The topological polar surface area (TPSA) is 68.6 Å². The van der Waals surface area contributed by atoms with Crippen LogP contribution >= 0.6 is 0 Å². The van der Waals surface area contributed by atoms with Gasteiger partial charge in [0.1, 0.15) is 11.3 Å². The fraction of sp³-hybridized carbons (Fsp3) is 0.385. The molecule has 2 spiro atoms. The Morgan fingerprint density at radius 1 is 1.18 bits per heavy atom. The van der Waals surface area contributed by atoms with Gasteiger partial charge in [-0.05, 0) is 56.2 Å². The maximum Gasteiger partial charge on any atom is 0.255 e. The lowest BCUT2D eigenvalue weighted by Crippen LogP contribution is -2.48. The number of fused-ring (bicyclic) bond motifs is 4. The number of pyridine rings is 1. The molecule has 33 heavy (non-hydrogen) atoms. The molecule has 7 heteroatoms. The predicted octanol–water partition coefficient (Wildman–Crippen LogP) is 3.91. The molecule has 1 unspecified atom stereocenters. The quantitative estimate of drug-likeness (QED) is 0.649. The van der Waals surface area contributed by atoms with Gasteiger partial charge >= 0.3 is 0 Å². The van der Waals surface area contributed by atoms with Gasteiger partial charge in [-0.25, -0.2) is 0 Å². The van der Waals surface area contributed by atoms with Crippen molar-refractivity contribution in [3.05, 3.63) is 71.8 Å². The van der Waals surface area contributed by atoms with Crippen LogP contribution in [0.1, 0.15) is 41.0 Å². The third-order valence-corrected chi connectivity index (χ3v) is 7.45. The van der Waals surface area contributed by atoms with Crippen molar-refractivity contribution in [1.29, 1.82) is 0 Å². The maximum atomic E-state index is 13.0. The van der Waals surface area contributed by atoms with Crippen LogP contribution in [0.15, 0.2) is 54.9 Å². The number of nitrogens with one attached hydrogen (secondary N) is 1. The monoisotopic (exact) mass is 444 g/mol. The number of piperidine rings is 1. The summed E-state index contributed by atoms with van der Waals surface area (Å²) >= 11 is 0. The van der Waals surface area contributed by atoms with Crippen LogP contribution < -0.4 is 10.1 Å². The second-order valence-corrected chi connectivity index (χ2v) is 9.48. The first kappa shape index (κ1) is 20.3. The van der Waals surface area contributed by atoms with Crippen LogP contribution in [0.5, 0.6) is 5.75 Å². The summed E-state index contributed by atoms with van der Waals surface area (Å²) < 4.78 is 14.3. The first-order chi connectivity index (χ1) is 16.0. The van der Waals surface area contributed by atoms with E-state index in [0.717, 1.165) is 42.1 Å². The molecule has 3 aliphatic heterocycles. The lowest BCUT2D eigenvalue weighted by molar-refractivity contribution is -0.0392. The lowest BCUT2D eigenvalue weighted by Gasteiger charge is -2.41. The molecule has 1 atom stereocenters. The van der Waals surface area contributed by atoms with Crippen LogP contribution in [-0.2, 0) is 10.3 Å². The van der Waals surface area contributed by atoms with Crippen molar-refractivity contribution < 1.29 is 14.3 Å². The van der Waals surface area contributed by atoms with E-state index >= 15 is 0 Å². The van der Waals surface area contributed by atoms with Gasteiger partial charge in [-0.2, -0.15) is 0 Å². The molecule has 0 radical (unpaired) electrons. The molecular formula is C26H28N4O3. The van der Waals surface area contributed by atoms with Crippen molar-refractivity contribution >= 4 is 11.6 Å². The van der Waals surface area contributed by atoms with E-state index in [1.165, 1.54) is 5.69 Å². The second-order valence-electron chi connectivity index (χ2n) is 9.48. The fourth-order valence-corrected chi connectivity index (χ4v) is 5.64. The summed E-state index contributed by atoms with van der Waals surface area (Å²) in [6.07, 6.45) is 6.31. The van der Waals surface area contributed by atoms with Crippen molar-refractivity contribution in [2.24, 2.45) is 0 Å². The van der Waals surface area contributed by atoms with Crippen molar-refractivity contribution in [3.8, 4) is 11.4 Å². The first-order valence-electron chi connectivity index (χ1n) is 11.5. The summed E-state index contributed by atoms with van der Waals surface area (Å²) in [5.74, 6) is 0.883. The van der Waals surface area contributed by atoms with Gasteiger partial charge < -0.3 is 24.3 Å². The molecule has 1 aromatic carbocycles. The van der Waals surface area contributed by atoms with E-state index in [1.54, 1.807) is 13.3 Å². The Balaban J connectivity index is 1.23. The zero-order chi connectivity index (χ0) is 22.6. The number of carbonyl (C=O) groups is 1.